The Balaban J connectivity index is 1.90. The van der Waals surface area contributed by atoms with Crippen molar-refractivity contribution in [3.05, 3.63) is 65.2 Å². The molecule has 2 aromatic carbocycles. The molecule has 0 aliphatic heterocycles. The Morgan fingerprint density at radius 3 is 2.44 bits per heavy atom. The van der Waals surface area contributed by atoms with Crippen LogP contribution in [0, 0.1) is 6.92 Å². The van der Waals surface area contributed by atoms with E-state index in [-0.39, 0.29) is 24.7 Å². The second-order valence-electron chi connectivity index (χ2n) is 5.88. The van der Waals surface area contributed by atoms with E-state index in [4.69, 9.17) is 4.74 Å². The van der Waals surface area contributed by atoms with Gasteiger partial charge in [0.25, 0.3) is 0 Å². The first-order valence-corrected chi connectivity index (χ1v) is 7.90. The quantitative estimate of drug-likeness (QED) is 0.849. The Bertz CT molecular complexity index is 729. The molecule has 0 aliphatic rings. The number of para-hydroxylation sites is 1. The lowest BCUT2D eigenvalue weighted by atomic mass is 10.1. The smallest absolute Gasteiger partial charge is 0.419 e. The molecule has 1 atom stereocenters. The van der Waals surface area contributed by atoms with Gasteiger partial charge in [-0.05, 0) is 37.1 Å². The Morgan fingerprint density at radius 1 is 1.12 bits per heavy atom. The molecule has 1 unspecified atom stereocenters. The Kier molecular flexibility index (Phi) is 6.07. The van der Waals surface area contributed by atoms with Gasteiger partial charge in [-0.2, -0.15) is 13.2 Å². The van der Waals surface area contributed by atoms with E-state index in [9.17, 15) is 18.0 Å². The standard InChI is InChI=1S/C19H20F3NO2/c1-13-7-3-4-8-15(13)11-18(24)23-14(2)12-25-17-10-6-5-9-16(17)19(20,21)22/h3-10,14H,11-12H2,1-2H3,(H,23,24). The van der Waals surface area contributed by atoms with E-state index in [0.717, 1.165) is 17.2 Å². The highest BCUT2D eigenvalue weighted by atomic mass is 19.4. The zero-order valence-corrected chi connectivity index (χ0v) is 14.1. The second-order valence-corrected chi connectivity index (χ2v) is 5.88. The maximum absolute atomic E-state index is 12.9. The van der Waals surface area contributed by atoms with Gasteiger partial charge in [-0.1, -0.05) is 36.4 Å². The molecule has 0 aromatic heterocycles. The molecule has 2 rings (SSSR count). The van der Waals surface area contributed by atoms with E-state index in [2.05, 4.69) is 5.32 Å². The topological polar surface area (TPSA) is 38.3 Å². The Morgan fingerprint density at radius 2 is 1.76 bits per heavy atom. The summed E-state index contributed by atoms with van der Waals surface area (Å²) in [6, 6.07) is 12.1. The second kappa shape index (κ2) is 8.05. The highest BCUT2D eigenvalue weighted by Crippen LogP contribution is 2.35. The molecule has 0 bridgehead atoms. The van der Waals surface area contributed by atoms with Crippen molar-refractivity contribution in [1.29, 1.82) is 0 Å². The number of carbonyl (C=O) groups excluding carboxylic acids is 1. The number of aryl methyl sites for hydroxylation is 1. The van der Waals surface area contributed by atoms with Crippen molar-refractivity contribution in [2.75, 3.05) is 6.61 Å². The van der Waals surface area contributed by atoms with Crippen LogP contribution >= 0.6 is 0 Å². The van der Waals surface area contributed by atoms with Crippen LogP contribution in [0.2, 0.25) is 0 Å². The molecule has 0 spiro atoms. The SMILES string of the molecule is Cc1ccccc1CC(=O)NC(C)COc1ccccc1C(F)(F)F. The van der Waals surface area contributed by atoms with Gasteiger partial charge in [-0.15, -0.1) is 0 Å². The molecule has 0 saturated carbocycles. The van der Waals surface area contributed by atoms with Gasteiger partial charge < -0.3 is 10.1 Å². The summed E-state index contributed by atoms with van der Waals surface area (Å²) in [6.45, 7) is 3.56. The van der Waals surface area contributed by atoms with Crippen LogP contribution in [0.3, 0.4) is 0 Å². The summed E-state index contributed by atoms with van der Waals surface area (Å²) in [5, 5.41) is 2.74. The van der Waals surface area contributed by atoms with Crippen molar-refractivity contribution < 1.29 is 22.7 Å². The number of hydrogen-bond acceptors (Lipinski definition) is 2. The Hall–Kier alpha value is -2.50. The third-order valence-electron chi connectivity index (χ3n) is 3.70. The first kappa shape index (κ1) is 18.8. The summed E-state index contributed by atoms with van der Waals surface area (Å²) in [5.41, 5.74) is 1.10. The monoisotopic (exact) mass is 351 g/mol. The number of ether oxygens (including phenoxy) is 1. The van der Waals surface area contributed by atoms with Crippen molar-refractivity contribution in [3.63, 3.8) is 0 Å². The molecule has 6 heteroatoms. The van der Waals surface area contributed by atoms with Crippen molar-refractivity contribution in [3.8, 4) is 5.75 Å². The molecular formula is C19H20F3NO2. The number of hydrogen-bond donors (Lipinski definition) is 1. The predicted octanol–water partition coefficient (Wildman–Crippen LogP) is 4.14. The summed E-state index contributed by atoms with van der Waals surface area (Å²) >= 11 is 0. The summed E-state index contributed by atoms with van der Waals surface area (Å²) in [4.78, 5) is 12.1. The minimum Gasteiger partial charge on any atom is -0.491 e. The fraction of sp³-hybridized carbons (Fsp3) is 0.316. The Labute approximate surface area is 144 Å². The van der Waals surface area contributed by atoms with Gasteiger partial charge in [0.15, 0.2) is 0 Å². The molecule has 0 fully saturated rings. The fourth-order valence-corrected chi connectivity index (χ4v) is 2.39. The number of benzene rings is 2. The molecule has 1 amide bonds. The van der Waals surface area contributed by atoms with Crippen LogP contribution in [0.5, 0.6) is 5.75 Å². The average Bonchev–Trinajstić information content (AvgIpc) is 2.54. The van der Waals surface area contributed by atoms with E-state index in [1.165, 1.54) is 18.2 Å². The van der Waals surface area contributed by atoms with Crippen molar-refractivity contribution in [2.24, 2.45) is 0 Å². The molecule has 134 valence electrons. The lowest BCUT2D eigenvalue weighted by Gasteiger charge is -2.18. The van der Waals surface area contributed by atoms with Crippen LogP contribution in [0.1, 0.15) is 23.6 Å². The zero-order valence-electron chi connectivity index (χ0n) is 14.1. The summed E-state index contributed by atoms with van der Waals surface area (Å²) in [7, 11) is 0. The minimum atomic E-state index is -4.48. The molecule has 25 heavy (non-hydrogen) atoms. The number of rotatable bonds is 6. The summed E-state index contributed by atoms with van der Waals surface area (Å²) in [6.07, 6.45) is -4.26. The third-order valence-corrected chi connectivity index (χ3v) is 3.70. The van der Waals surface area contributed by atoms with Crippen LogP contribution in [-0.4, -0.2) is 18.6 Å². The maximum atomic E-state index is 12.9. The normalized spacial score (nSPS) is 12.5. The first-order chi connectivity index (χ1) is 11.8. The van der Waals surface area contributed by atoms with Crippen LogP contribution in [0.25, 0.3) is 0 Å². The molecule has 0 saturated heterocycles. The number of amides is 1. The van der Waals surface area contributed by atoms with E-state index in [1.54, 1.807) is 6.92 Å². The molecule has 3 nitrogen and oxygen atoms in total. The van der Waals surface area contributed by atoms with Gasteiger partial charge in [-0.3, -0.25) is 4.79 Å². The largest absolute Gasteiger partial charge is 0.491 e. The van der Waals surface area contributed by atoms with E-state index in [0.29, 0.717) is 0 Å². The summed E-state index contributed by atoms with van der Waals surface area (Å²) < 4.78 is 44.0. The number of halogens is 3. The average molecular weight is 351 g/mol. The lowest BCUT2D eigenvalue weighted by Crippen LogP contribution is -2.37. The maximum Gasteiger partial charge on any atom is 0.419 e. The summed E-state index contributed by atoms with van der Waals surface area (Å²) in [5.74, 6) is -0.440. The van der Waals surface area contributed by atoms with Gasteiger partial charge in [0.05, 0.1) is 18.0 Å². The van der Waals surface area contributed by atoms with Gasteiger partial charge in [0.1, 0.15) is 12.4 Å². The van der Waals surface area contributed by atoms with Gasteiger partial charge in [-0.25, -0.2) is 0 Å². The van der Waals surface area contributed by atoms with Gasteiger partial charge in [0, 0.05) is 0 Å². The van der Waals surface area contributed by atoms with E-state index in [1.807, 2.05) is 31.2 Å². The van der Waals surface area contributed by atoms with Crippen LogP contribution in [0.4, 0.5) is 13.2 Å². The highest BCUT2D eigenvalue weighted by Gasteiger charge is 2.34. The van der Waals surface area contributed by atoms with E-state index >= 15 is 0 Å². The van der Waals surface area contributed by atoms with Gasteiger partial charge in [0.2, 0.25) is 5.91 Å². The van der Waals surface area contributed by atoms with Gasteiger partial charge >= 0.3 is 6.18 Å². The minimum absolute atomic E-state index is 0.0490. The first-order valence-electron chi connectivity index (χ1n) is 7.90. The highest BCUT2D eigenvalue weighted by molar-refractivity contribution is 5.79. The van der Waals surface area contributed by atoms with Crippen molar-refractivity contribution in [1.82, 2.24) is 5.32 Å². The van der Waals surface area contributed by atoms with Crippen LogP contribution < -0.4 is 10.1 Å². The van der Waals surface area contributed by atoms with Crippen molar-refractivity contribution in [2.45, 2.75) is 32.5 Å². The number of alkyl halides is 3. The zero-order chi connectivity index (χ0) is 18.4. The molecule has 0 aliphatic carbocycles. The predicted molar refractivity (Wildman–Crippen MR) is 89.4 cm³/mol. The molecule has 0 heterocycles. The molecular weight excluding hydrogens is 331 g/mol. The van der Waals surface area contributed by atoms with Crippen LogP contribution in [0.15, 0.2) is 48.5 Å². The molecule has 1 N–H and O–H groups in total. The molecule has 0 radical (unpaired) electrons. The fourth-order valence-electron chi connectivity index (χ4n) is 2.39. The van der Waals surface area contributed by atoms with E-state index < -0.39 is 17.8 Å². The lowest BCUT2D eigenvalue weighted by molar-refractivity contribution is -0.139. The third kappa shape index (κ3) is 5.52. The number of nitrogens with one attached hydrogen (secondary N) is 1. The van der Waals surface area contributed by atoms with Crippen molar-refractivity contribution >= 4 is 5.91 Å². The van der Waals surface area contributed by atoms with Crippen LogP contribution in [-0.2, 0) is 17.4 Å². The molecule has 2 aromatic rings. The number of carbonyl (C=O) groups is 1.